The van der Waals surface area contributed by atoms with Crippen LogP contribution in [0.5, 0.6) is 17.2 Å². The maximum Gasteiger partial charge on any atom is 0.295 e. The van der Waals surface area contributed by atoms with Crippen molar-refractivity contribution in [3.63, 3.8) is 0 Å². The monoisotopic (exact) mass is 499 g/mol. The number of aliphatic hydroxyl groups is 1. The normalized spacial score (nSPS) is 18.4. The minimum Gasteiger partial charge on any atom is -0.507 e. The average Bonchev–Trinajstić information content (AvgIpc) is 3.42. The number of likely N-dealkylation sites (tertiary alicyclic amines) is 1. The third-order valence-electron chi connectivity index (χ3n) is 6.24. The van der Waals surface area contributed by atoms with Crippen LogP contribution in [0.25, 0.3) is 5.76 Å². The fourth-order valence-corrected chi connectivity index (χ4v) is 4.64. The molecule has 3 aromatic carbocycles. The van der Waals surface area contributed by atoms with Gasteiger partial charge in [-0.15, -0.1) is 0 Å². The Morgan fingerprint density at radius 2 is 1.73 bits per heavy atom. The summed E-state index contributed by atoms with van der Waals surface area (Å²) in [6, 6.07) is 19.3. The van der Waals surface area contributed by atoms with Crippen molar-refractivity contribution in [2.24, 2.45) is 0 Å². The summed E-state index contributed by atoms with van der Waals surface area (Å²) >= 11 is 0. The number of hydrogen-bond acceptors (Lipinski definition) is 6. The summed E-state index contributed by atoms with van der Waals surface area (Å²) in [5, 5.41) is 11.3. The largest absolute Gasteiger partial charge is 0.507 e. The number of amides is 1. The molecular weight excluding hydrogens is 470 g/mol. The molecule has 1 fully saturated rings. The molecule has 2 heterocycles. The molecule has 5 rings (SSSR count). The molecule has 7 heteroatoms. The second-order valence-electron chi connectivity index (χ2n) is 10.3. The summed E-state index contributed by atoms with van der Waals surface area (Å²) in [6.45, 7) is 8.15. The first kappa shape index (κ1) is 24.4. The lowest BCUT2D eigenvalue weighted by Gasteiger charge is -2.26. The van der Waals surface area contributed by atoms with Gasteiger partial charge >= 0.3 is 0 Å². The zero-order valence-corrected chi connectivity index (χ0v) is 21.3. The number of Topliss-reactive ketones (excluding diaryl/α,β-unsaturated/α-hetero) is 1. The molecule has 1 saturated heterocycles. The Hall–Kier alpha value is -4.26. The SMILES string of the molecule is Cc1cccc(C2/C(=C(/O)c3ccc4c(c3)OCO4)C(=O)C(=O)N2Cc2ccc(OC(C)(C)C)cc2)c1. The maximum absolute atomic E-state index is 13.3. The highest BCUT2D eigenvalue weighted by atomic mass is 16.7. The maximum atomic E-state index is 13.3. The van der Waals surface area contributed by atoms with Gasteiger partial charge in [0, 0.05) is 12.1 Å². The number of hydrogen-bond donors (Lipinski definition) is 1. The van der Waals surface area contributed by atoms with E-state index < -0.39 is 17.7 Å². The highest BCUT2D eigenvalue weighted by Gasteiger charge is 2.46. The van der Waals surface area contributed by atoms with Crippen LogP contribution in [-0.4, -0.2) is 34.1 Å². The van der Waals surface area contributed by atoms with Gasteiger partial charge in [-0.1, -0.05) is 42.0 Å². The smallest absolute Gasteiger partial charge is 0.295 e. The van der Waals surface area contributed by atoms with Crippen LogP contribution in [0.15, 0.2) is 72.3 Å². The van der Waals surface area contributed by atoms with Crippen molar-refractivity contribution < 1.29 is 28.9 Å². The number of aliphatic hydroxyl groups excluding tert-OH is 1. The van der Waals surface area contributed by atoms with Gasteiger partial charge in [0.1, 0.15) is 17.1 Å². The molecule has 2 aliphatic heterocycles. The zero-order valence-electron chi connectivity index (χ0n) is 21.3. The highest BCUT2D eigenvalue weighted by Crippen LogP contribution is 2.42. The second kappa shape index (κ2) is 9.32. The molecule has 0 radical (unpaired) electrons. The molecule has 0 aliphatic carbocycles. The number of fused-ring (bicyclic) bond motifs is 1. The number of carbonyl (C=O) groups excluding carboxylic acids is 2. The van der Waals surface area contributed by atoms with Gasteiger partial charge in [0.2, 0.25) is 6.79 Å². The van der Waals surface area contributed by atoms with Crippen molar-refractivity contribution in [3.05, 3.63) is 94.6 Å². The molecule has 37 heavy (non-hydrogen) atoms. The fourth-order valence-electron chi connectivity index (χ4n) is 4.64. The predicted octanol–water partition coefficient (Wildman–Crippen LogP) is 5.52. The van der Waals surface area contributed by atoms with Crippen molar-refractivity contribution in [1.29, 1.82) is 0 Å². The van der Waals surface area contributed by atoms with Crippen molar-refractivity contribution >= 4 is 17.4 Å². The quantitative estimate of drug-likeness (QED) is 0.283. The van der Waals surface area contributed by atoms with Crippen molar-refractivity contribution in [1.82, 2.24) is 4.90 Å². The van der Waals surface area contributed by atoms with Gasteiger partial charge in [0.15, 0.2) is 11.5 Å². The summed E-state index contributed by atoms with van der Waals surface area (Å²) in [5.41, 5.74) is 2.65. The van der Waals surface area contributed by atoms with Crippen LogP contribution in [0, 0.1) is 6.92 Å². The van der Waals surface area contributed by atoms with Crippen LogP contribution in [0.2, 0.25) is 0 Å². The van der Waals surface area contributed by atoms with E-state index in [-0.39, 0.29) is 30.3 Å². The molecule has 1 unspecified atom stereocenters. The number of ether oxygens (including phenoxy) is 3. The van der Waals surface area contributed by atoms with E-state index in [1.165, 1.54) is 4.90 Å². The van der Waals surface area contributed by atoms with Gasteiger partial charge in [-0.25, -0.2) is 0 Å². The van der Waals surface area contributed by atoms with Gasteiger partial charge in [0.05, 0.1) is 11.6 Å². The molecule has 1 N–H and O–H groups in total. The summed E-state index contributed by atoms with van der Waals surface area (Å²) in [4.78, 5) is 28.2. The third kappa shape index (κ3) is 4.89. The van der Waals surface area contributed by atoms with Gasteiger partial charge in [-0.05, 0) is 69.2 Å². The highest BCUT2D eigenvalue weighted by molar-refractivity contribution is 6.46. The molecule has 2 aliphatic rings. The van der Waals surface area contributed by atoms with Gasteiger partial charge in [-0.2, -0.15) is 0 Å². The predicted molar refractivity (Wildman–Crippen MR) is 138 cm³/mol. The molecular formula is C30H29NO6. The topological polar surface area (TPSA) is 85.3 Å². The Morgan fingerprint density at radius 3 is 2.43 bits per heavy atom. The van der Waals surface area contributed by atoms with Crippen molar-refractivity contribution in [2.45, 2.75) is 45.9 Å². The number of ketones is 1. The van der Waals surface area contributed by atoms with Crippen LogP contribution in [0.4, 0.5) is 0 Å². The van der Waals surface area contributed by atoms with E-state index in [2.05, 4.69) is 0 Å². The van der Waals surface area contributed by atoms with E-state index in [1.807, 2.05) is 76.2 Å². The molecule has 1 atom stereocenters. The number of benzene rings is 3. The first-order valence-corrected chi connectivity index (χ1v) is 12.1. The van der Waals surface area contributed by atoms with Gasteiger partial charge in [-0.3, -0.25) is 9.59 Å². The Balaban J connectivity index is 1.55. The van der Waals surface area contributed by atoms with E-state index >= 15 is 0 Å². The lowest BCUT2D eigenvalue weighted by molar-refractivity contribution is -0.140. The van der Waals surface area contributed by atoms with Crippen molar-refractivity contribution in [3.8, 4) is 17.2 Å². The zero-order chi connectivity index (χ0) is 26.3. The second-order valence-corrected chi connectivity index (χ2v) is 10.3. The number of rotatable bonds is 5. The van der Waals surface area contributed by atoms with E-state index in [1.54, 1.807) is 18.2 Å². The van der Waals surface area contributed by atoms with E-state index in [9.17, 15) is 14.7 Å². The molecule has 190 valence electrons. The minimum absolute atomic E-state index is 0.0437. The third-order valence-corrected chi connectivity index (χ3v) is 6.24. The van der Waals surface area contributed by atoms with Crippen LogP contribution in [0.1, 0.15) is 49.1 Å². The first-order chi connectivity index (χ1) is 17.6. The molecule has 0 bridgehead atoms. The molecule has 3 aromatic rings. The van der Waals surface area contributed by atoms with Crippen LogP contribution in [0.3, 0.4) is 0 Å². The van der Waals surface area contributed by atoms with Crippen LogP contribution < -0.4 is 14.2 Å². The average molecular weight is 500 g/mol. The number of carbonyl (C=O) groups is 2. The molecule has 0 spiro atoms. The summed E-state index contributed by atoms with van der Waals surface area (Å²) in [6.07, 6.45) is 0. The van der Waals surface area contributed by atoms with Crippen molar-refractivity contribution in [2.75, 3.05) is 6.79 Å². The summed E-state index contributed by atoms with van der Waals surface area (Å²) < 4.78 is 16.7. The van der Waals surface area contributed by atoms with Gasteiger partial charge < -0.3 is 24.2 Å². The molecule has 0 saturated carbocycles. The lowest BCUT2D eigenvalue weighted by Crippen LogP contribution is -2.29. The molecule has 7 nitrogen and oxygen atoms in total. The molecule has 1 amide bonds. The van der Waals surface area contributed by atoms with E-state index in [4.69, 9.17) is 14.2 Å². The number of nitrogens with zero attached hydrogens (tertiary/aromatic N) is 1. The fraction of sp³-hybridized carbons (Fsp3) is 0.267. The summed E-state index contributed by atoms with van der Waals surface area (Å²) in [7, 11) is 0. The summed E-state index contributed by atoms with van der Waals surface area (Å²) in [5.74, 6) is 0.114. The molecule has 0 aromatic heterocycles. The standard InChI is InChI=1S/C30H29NO6/c1-18-6-5-7-20(14-18)26-25(27(32)21-10-13-23-24(15-21)36-17-35-23)28(33)29(34)31(26)16-19-8-11-22(12-9-19)37-30(2,3)4/h5-15,26,32H,16-17H2,1-4H3/b27-25-. The van der Waals surface area contributed by atoms with E-state index in [0.29, 0.717) is 17.1 Å². The van der Waals surface area contributed by atoms with Crippen LogP contribution in [-0.2, 0) is 16.1 Å². The number of aryl methyl sites for hydroxylation is 1. The van der Waals surface area contributed by atoms with E-state index in [0.717, 1.165) is 22.4 Å². The Morgan fingerprint density at radius 1 is 1.00 bits per heavy atom. The lowest BCUT2D eigenvalue weighted by atomic mass is 9.94. The Labute approximate surface area is 215 Å². The van der Waals surface area contributed by atoms with Crippen LogP contribution >= 0.6 is 0 Å². The Bertz CT molecular complexity index is 1400. The minimum atomic E-state index is -0.754. The Kier molecular flexibility index (Phi) is 6.15. The van der Waals surface area contributed by atoms with Gasteiger partial charge in [0.25, 0.3) is 11.7 Å². The first-order valence-electron chi connectivity index (χ1n) is 12.1.